The second-order valence-electron chi connectivity index (χ2n) is 3.94. The van der Waals surface area contributed by atoms with Gasteiger partial charge in [-0.25, -0.2) is 13.8 Å². The first-order chi connectivity index (χ1) is 9.04. The number of hydrogen-bond acceptors (Lipinski definition) is 2. The van der Waals surface area contributed by atoms with E-state index in [1.54, 1.807) is 6.07 Å². The van der Waals surface area contributed by atoms with Gasteiger partial charge in [0.05, 0.1) is 10.0 Å². The summed E-state index contributed by atoms with van der Waals surface area (Å²) in [6, 6.07) is 5.00. The zero-order chi connectivity index (χ0) is 13.8. The van der Waals surface area contributed by atoms with Crippen molar-refractivity contribution < 1.29 is 8.78 Å². The predicted molar refractivity (Wildman–Crippen MR) is 72.8 cm³/mol. The fourth-order valence-electron chi connectivity index (χ4n) is 1.63. The average Bonchev–Trinajstić information content (AvgIpc) is 2.30. The first-order valence-corrected chi connectivity index (χ1v) is 6.30. The summed E-state index contributed by atoms with van der Waals surface area (Å²) in [4.78, 5) is 4.02. The molecule has 0 fully saturated rings. The summed E-state index contributed by atoms with van der Waals surface area (Å²) in [7, 11) is 0. The Morgan fingerprint density at radius 3 is 2.37 bits per heavy atom. The Morgan fingerprint density at radius 1 is 1.05 bits per heavy atom. The molecule has 2 rings (SSSR count). The average molecular weight is 303 g/mol. The quantitative estimate of drug-likeness (QED) is 0.910. The Hall–Kier alpha value is -1.39. The van der Waals surface area contributed by atoms with Gasteiger partial charge < -0.3 is 5.32 Å². The van der Waals surface area contributed by atoms with Crippen LogP contribution in [0, 0.1) is 11.6 Å². The number of pyridine rings is 1. The van der Waals surface area contributed by atoms with Crippen molar-refractivity contribution in [2.24, 2.45) is 0 Å². The van der Waals surface area contributed by atoms with Crippen LogP contribution in [0.15, 0.2) is 30.5 Å². The minimum Gasteiger partial charge on any atom is -0.369 e. The molecule has 0 aliphatic rings. The van der Waals surface area contributed by atoms with E-state index in [9.17, 15) is 8.78 Å². The zero-order valence-corrected chi connectivity index (χ0v) is 11.3. The molecule has 0 spiro atoms. The van der Waals surface area contributed by atoms with Gasteiger partial charge in [0.1, 0.15) is 17.5 Å². The molecule has 19 heavy (non-hydrogen) atoms. The summed E-state index contributed by atoms with van der Waals surface area (Å²) in [5.41, 5.74) is 0.565. The number of aromatic nitrogens is 1. The Balaban J connectivity index is 1.96. The van der Waals surface area contributed by atoms with E-state index in [0.717, 1.165) is 6.07 Å². The normalized spacial score (nSPS) is 10.5. The summed E-state index contributed by atoms with van der Waals surface area (Å²) in [5, 5.41) is 3.83. The van der Waals surface area contributed by atoms with Gasteiger partial charge in [-0.2, -0.15) is 0 Å². The number of nitrogens with zero attached hydrogens (tertiary/aromatic N) is 1. The first kappa shape index (κ1) is 14.0. The van der Waals surface area contributed by atoms with Crippen LogP contribution < -0.4 is 5.32 Å². The second-order valence-corrected chi connectivity index (χ2v) is 4.78. The van der Waals surface area contributed by atoms with Crippen LogP contribution in [0.3, 0.4) is 0 Å². The van der Waals surface area contributed by atoms with Crippen molar-refractivity contribution in [1.29, 1.82) is 0 Å². The van der Waals surface area contributed by atoms with Crippen molar-refractivity contribution in [3.05, 3.63) is 57.7 Å². The molecule has 0 saturated heterocycles. The van der Waals surface area contributed by atoms with E-state index in [-0.39, 0.29) is 0 Å². The van der Waals surface area contributed by atoms with Crippen molar-refractivity contribution in [1.82, 2.24) is 4.98 Å². The van der Waals surface area contributed by atoms with Crippen LogP contribution in [0.4, 0.5) is 14.6 Å². The molecule has 0 saturated carbocycles. The number of rotatable bonds is 4. The standard InChI is InChI=1S/C13H10Cl2F2N2/c14-9-5-12(15)13(19-7-9)18-2-1-8-3-10(16)6-11(17)4-8/h3-7H,1-2H2,(H,18,19). The Bertz CT molecular complexity index is 571. The molecule has 1 heterocycles. The van der Waals surface area contributed by atoms with Crippen LogP contribution in [-0.2, 0) is 6.42 Å². The molecule has 1 aromatic heterocycles. The highest BCUT2D eigenvalue weighted by atomic mass is 35.5. The SMILES string of the molecule is Fc1cc(F)cc(CCNc2ncc(Cl)cc2Cl)c1. The molecule has 0 aliphatic carbocycles. The Morgan fingerprint density at radius 2 is 1.74 bits per heavy atom. The Labute approximate surface area is 119 Å². The third-order valence-corrected chi connectivity index (χ3v) is 2.93. The van der Waals surface area contributed by atoms with E-state index in [4.69, 9.17) is 23.2 Å². The van der Waals surface area contributed by atoms with Crippen LogP contribution in [-0.4, -0.2) is 11.5 Å². The van der Waals surface area contributed by atoms with Crippen molar-refractivity contribution in [2.75, 3.05) is 11.9 Å². The number of anilines is 1. The highest BCUT2D eigenvalue weighted by Crippen LogP contribution is 2.22. The van der Waals surface area contributed by atoms with Crippen LogP contribution in [0.1, 0.15) is 5.56 Å². The molecule has 0 atom stereocenters. The minimum atomic E-state index is -0.586. The van der Waals surface area contributed by atoms with E-state index in [1.165, 1.54) is 18.3 Å². The van der Waals surface area contributed by atoms with Crippen molar-refractivity contribution >= 4 is 29.0 Å². The van der Waals surface area contributed by atoms with Gasteiger partial charge in [0, 0.05) is 18.8 Å². The van der Waals surface area contributed by atoms with E-state index in [2.05, 4.69) is 10.3 Å². The smallest absolute Gasteiger partial charge is 0.144 e. The predicted octanol–water partition coefficient (Wildman–Crippen LogP) is 4.32. The van der Waals surface area contributed by atoms with Gasteiger partial charge >= 0.3 is 0 Å². The molecule has 0 radical (unpaired) electrons. The number of benzene rings is 1. The van der Waals surface area contributed by atoms with Crippen molar-refractivity contribution in [3.8, 4) is 0 Å². The first-order valence-electron chi connectivity index (χ1n) is 5.54. The lowest BCUT2D eigenvalue weighted by Crippen LogP contribution is -2.07. The lowest BCUT2D eigenvalue weighted by Gasteiger charge is -2.07. The lowest BCUT2D eigenvalue weighted by molar-refractivity contribution is 0.580. The maximum absolute atomic E-state index is 13.0. The van der Waals surface area contributed by atoms with Gasteiger partial charge in [0.15, 0.2) is 0 Å². The van der Waals surface area contributed by atoms with E-state index in [1.807, 2.05) is 0 Å². The molecule has 0 amide bonds. The molecule has 0 bridgehead atoms. The van der Waals surface area contributed by atoms with E-state index >= 15 is 0 Å². The van der Waals surface area contributed by atoms with Gasteiger partial charge in [-0.3, -0.25) is 0 Å². The highest BCUT2D eigenvalue weighted by Gasteiger charge is 2.04. The molecule has 2 nitrogen and oxygen atoms in total. The van der Waals surface area contributed by atoms with Crippen LogP contribution >= 0.6 is 23.2 Å². The molecule has 1 N–H and O–H groups in total. The maximum Gasteiger partial charge on any atom is 0.144 e. The number of nitrogens with one attached hydrogen (secondary N) is 1. The molecular formula is C13H10Cl2F2N2. The van der Waals surface area contributed by atoms with E-state index < -0.39 is 11.6 Å². The fourth-order valence-corrected chi connectivity index (χ4v) is 2.07. The maximum atomic E-state index is 13.0. The fraction of sp³-hybridized carbons (Fsp3) is 0.154. The second kappa shape index (κ2) is 6.17. The topological polar surface area (TPSA) is 24.9 Å². The number of hydrogen-bond donors (Lipinski definition) is 1. The van der Waals surface area contributed by atoms with Gasteiger partial charge in [-0.05, 0) is 30.2 Å². The minimum absolute atomic E-state index is 0.401. The molecule has 6 heteroatoms. The summed E-state index contributed by atoms with van der Waals surface area (Å²) in [5.74, 6) is -0.682. The molecular weight excluding hydrogens is 293 g/mol. The summed E-state index contributed by atoms with van der Waals surface area (Å²) in [6.07, 6.45) is 1.92. The largest absolute Gasteiger partial charge is 0.369 e. The van der Waals surface area contributed by atoms with Crippen LogP contribution in [0.2, 0.25) is 10.0 Å². The van der Waals surface area contributed by atoms with Crippen LogP contribution in [0.25, 0.3) is 0 Å². The molecule has 2 aromatic rings. The molecule has 0 unspecified atom stereocenters. The van der Waals surface area contributed by atoms with Crippen molar-refractivity contribution in [2.45, 2.75) is 6.42 Å². The molecule has 100 valence electrons. The van der Waals surface area contributed by atoms with Gasteiger partial charge in [-0.15, -0.1) is 0 Å². The number of halogens is 4. The summed E-state index contributed by atoms with van der Waals surface area (Å²) in [6.45, 7) is 0.456. The molecule has 0 aliphatic heterocycles. The van der Waals surface area contributed by atoms with E-state index in [0.29, 0.717) is 34.4 Å². The highest BCUT2D eigenvalue weighted by molar-refractivity contribution is 6.35. The van der Waals surface area contributed by atoms with Crippen LogP contribution in [0.5, 0.6) is 0 Å². The van der Waals surface area contributed by atoms with Gasteiger partial charge in [0.2, 0.25) is 0 Å². The van der Waals surface area contributed by atoms with Gasteiger partial charge in [0.25, 0.3) is 0 Å². The van der Waals surface area contributed by atoms with Crippen molar-refractivity contribution in [3.63, 3.8) is 0 Å². The third kappa shape index (κ3) is 4.04. The zero-order valence-electron chi connectivity index (χ0n) is 9.76. The van der Waals surface area contributed by atoms with Gasteiger partial charge in [-0.1, -0.05) is 23.2 Å². The summed E-state index contributed by atoms with van der Waals surface area (Å²) >= 11 is 11.7. The third-order valence-electron chi connectivity index (χ3n) is 2.44. The lowest BCUT2D eigenvalue weighted by atomic mass is 10.1. The monoisotopic (exact) mass is 302 g/mol. The summed E-state index contributed by atoms with van der Waals surface area (Å²) < 4.78 is 26.0. The Kier molecular flexibility index (Phi) is 4.56. The molecule has 1 aromatic carbocycles.